The van der Waals surface area contributed by atoms with E-state index in [1.165, 1.54) is 19.2 Å². The number of nitrogens with one attached hydrogen (secondary N) is 2. The molecule has 3 aromatic rings. The van der Waals surface area contributed by atoms with Crippen LogP contribution in [0.2, 0.25) is 0 Å². The molecule has 2 N–H and O–H groups in total. The van der Waals surface area contributed by atoms with Crippen LogP contribution in [-0.4, -0.2) is 66.5 Å². The lowest BCUT2D eigenvalue weighted by molar-refractivity contribution is -0.384. The Morgan fingerprint density at radius 3 is 2.45 bits per heavy atom. The van der Waals surface area contributed by atoms with Gasteiger partial charge < -0.3 is 19.9 Å². The van der Waals surface area contributed by atoms with Crippen molar-refractivity contribution in [3.05, 3.63) is 63.8 Å². The first-order valence-electron chi connectivity index (χ1n) is 10.6. The fourth-order valence-electron chi connectivity index (χ4n) is 4.02. The number of fused-ring (bicyclic) bond motifs is 1. The highest BCUT2D eigenvalue weighted by Crippen LogP contribution is 2.29. The molecule has 2 heterocycles. The first kappa shape index (κ1) is 22.3. The molecular formula is C23H25N5O5. The number of nitro benzene ring substituents is 1. The second-order valence-electron chi connectivity index (χ2n) is 8.00. The zero-order valence-electron chi connectivity index (χ0n) is 18.5. The van der Waals surface area contributed by atoms with Gasteiger partial charge in [0.05, 0.1) is 24.3 Å². The summed E-state index contributed by atoms with van der Waals surface area (Å²) in [5.41, 5.74) is 3.38. The summed E-state index contributed by atoms with van der Waals surface area (Å²) in [6, 6.07) is 12.2. The number of non-ortho nitro benzene ring substituents is 1. The quantitative estimate of drug-likeness (QED) is 0.336. The van der Waals surface area contributed by atoms with Crippen molar-refractivity contribution in [1.29, 1.82) is 0 Å². The summed E-state index contributed by atoms with van der Waals surface area (Å²) < 4.78 is 4.87. The van der Waals surface area contributed by atoms with Crippen LogP contribution in [0.15, 0.2) is 42.5 Å². The van der Waals surface area contributed by atoms with Gasteiger partial charge in [0.25, 0.3) is 5.69 Å². The van der Waals surface area contributed by atoms with Crippen molar-refractivity contribution in [3.8, 4) is 0 Å². The Hall–Kier alpha value is -3.92. The van der Waals surface area contributed by atoms with Crippen molar-refractivity contribution in [2.75, 3.05) is 50.1 Å². The van der Waals surface area contributed by atoms with Crippen molar-refractivity contribution in [2.45, 2.75) is 6.92 Å². The van der Waals surface area contributed by atoms with Gasteiger partial charge in [0.2, 0.25) is 5.91 Å². The van der Waals surface area contributed by atoms with E-state index in [0.717, 1.165) is 22.2 Å². The van der Waals surface area contributed by atoms with Crippen LogP contribution in [0.3, 0.4) is 0 Å². The van der Waals surface area contributed by atoms with Crippen LogP contribution in [0, 0.1) is 17.0 Å². The SMILES string of the molecule is COC(=O)c1[nH]c2ccc(C)cc2c1NC(=O)CN1CCN(c2ccc([N+](=O)[O-])cc2)CC1. The van der Waals surface area contributed by atoms with E-state index >= 15 is 0 Å². The average Bonchev–Trinajstić information content (AvgIpc) is 3.16. The number of methoxy groups -OCH3 is 1. The second-order valence-corrected chi connectivity index (χ2v) is 8.00. The number of ether oxygens (including phenoxy) is 1. The number of piperazine rings is 1. The Labute approximate surface area is 190 Å². The minimum absolute atomic E-state index is 0.0628. The van der Waals surface area contributed by atoms with Gasteiger partial charge >= 0.3 is 5.97 Å². The molecule has 1 fully saturated rings. The molecule has 0 atom stereocenters. The molecule has 33 heavy (non-hydrogen) atoms. The predicted octanol–water partition coefficient (Wildman–Crippen LogP) is 2.93. The topological polar surface area (TPSA) is 121 Å². The number of H-pyrrole nitrogens is 1. The molecule has 0 spiro atoms. The summed E-state index contributed by atoms with van der Waals surface area (Å²) in [6.45, 7) is 4.87. The molecule has 0 aliphatic carbocycles. The summed E-state index contributed by atoms with van der Waals surface area (Å²) in [7, 11) is 1.30. The number of anilines is 2. The number of aromatic amines is 1. The standard InChI is InChI=1S/C23H25N5O5/c1-15-3-8-19-18(13-15)21(22(24-19)23(30)33-2)25-20(29)14-26-9-11-27(12-10-26)16-4-6-17(7-5-16)28(31)32/h3-8,13,24H,9-12,14H2,1-2H3,(H,25,29). The van der Waals surface area contributed by atoms with E-state index in [1.54, 1.807) is 12.1 Å². The fraction of sp³-hybridized carbons (Fsp3) is 0.304. The summed E-state index contributed by atoms with van der Waals surface area (Å²) in [4.78, 5) is 42.7. The van der Waals surface area contributed by atoms with Crippen molar-refractivity contribution in [2.24, 2.45) is 0 Å². The van der Waals surface area contributed by atoms with E-state index in [0.29, 0.717) is 31.9 Å². The molecule has 0 radical (unpaired) electrons. The number of carbonyl (C=O) groups excluding carboxylic acids is 2. The van der Waals surface area contributed by atoms with Crippen LogP contribution < -0.4 is 10.2 Å². The Kier molecular flexibility index (Phi) is 6.27. The van der Waals surface area contributed by atoms with Crippen molar-refractivity contribution in [1.82, 2.24) is 9.88 Å². The predicted molar refractivity (Wildman–Crippen MR) is 125 cm³/mol. The number of hydrogen-bond acceptors (Lipinski definition) is 7. The zero-order chi connectivity index (χ0) is 23.5. The van der Waals surface area contributed by atoms with E-state index in [2.05, 4.69) is 15.2 Å². The van der Waals surface area contributed by atoms with Crippen molar-refractivity contribution >= 4 is 39.8 Å². The van der Waals surface area contributed by atoms with Crippen LogP contribution in [0.1, 0.15) is 16.1 Å². The van der Waals surface area contributed by atoms with Gasteiger partial charge in [0, 0.05) is 54.9 Å². The smallest absolute Gasteiger partial charge is 0.356 e. The lowest BCUT2D eigenvalue weighted by Crippen LogP contribution is -2.48. The van der Waals surface area contributed by atoms with Crippen molar-refractivity contribution in [3.63, 3.8) is 0 Å². The fourth-order valence-corrected chi connectivity index (χ4v) is 4.02. The van der Waals surface area contributed by atoms with Gasteiger partial charge in [-0.1, -0.05) is 11.6 Å². The minimum Gasteiger partial charge on any atom is -0.464 e. The highest BCUT2D eigenvalue weighted by Gasteiger charge is 2.23. The van der Waals surface area contributed by atoms with Gasteiger partial charge in [-0.15, -0.1) is 0 Å². The third-order valence-electron chi connectivity index (χ3n) is 5.77. The Morgan fingerprint density at radius 1 is 1.12 bits per heavy atom. The van der Waals surface area contributed by atoms with Gasteiger partial charge in [-0.2, -0.15) is 0 Å². The summed E-state index contributed by atoms with van der Waals surface area (Å²) >= 11 is 0. The van der Waals surface area contributed by atoms with E-state index < -0.39 is 10.9 Å². The minimum atomic E-state index is -0.545. The molecule has 1 aliphatic rings. The molecule has 0 unspecified atom stereocenters. The molecule has 0 bridgehead atoms. The van der Waals surface area contributed by atoms with Gasteiger partial charge in [-0.05, 0) is 31.2 Å². The van der Waals surface area contributed by atoms with E-state index in [-0.39, 0.29) is 23.8 Å². The number of aromatic nitrogens is 1. The van der Waals surface area contributed by atoms with Crippen molar-refractivity contribution < 1.29 is 19.2 Å². The maximum Gasteiger partial charge on any atom is 0.356 e. The number of nitro groups is 1. The van der Waals surface area contributed by atoms with Gasteiger partial charge in [-0.3, -0.25) is 19.8 Å². The number of benzene rings is 2. The van der Waals surface area contributed by atoms with Crippen LogP contribution in [0.25, 0.3) is 10.9 Å². The summed E-state index contributed by atoms with van der Waals surface area (Å²) in [5, 5.41) is 14.5. The highest BCUT2D eigenvalue weighted by atomic mass is 16.6. The van der Waals surface area contributed by atoms with Gasteiger partial charge in [0.15, 0.2) is 0 Å². The molecule has 4 rings (SSSR count). The second kappa shape index (κ2) is 9.29. The summed E-state index contributed by atoms with van der Waals surface area (Å²) in [6.07, 6.45) is 0. The van der Waals surface area contributed by atoms with Crippen LogP contribution >= 0.6 is 0 Å². The molecule has 1 aliphatic heterocycles. The first-order chi connectivity index (χ1) is 15.9. The molecular weight excluding hydrogens is 426 g/mol. The van der Waals surface area contributed by atoms with E-state index in [1.807, 2.05) is 30.0 Å². The summed E-state index contributed by atoms with van der Waals surface area (Å²) in [5.74, 6) is -0.762. The number of carbonyl (C=O) groups is 2. The molecule has 10 heteroatoms. The number of aryl methyl sites for hydroxylation is 1. The Morgan fingerprint density at radius 2 is 1.82 bits per heavy atom. The maximum absolute atomic E-state index is 12.8. The number of hydrogen-bond donors (Lipinski definition) is 2. The lowest BCUT2D eigenvalue weighted by atomic mass is 10.1. The Balaban J connectivity index is 1.40. The number of nitrogens with zero attached hydrogens (tertiary/aromatic N) is 3. The maximum atomic E-state index is 12.8. The molecule has 0 saturated carbocycles. The third-order valence-corrected chi connectivity index (χ3v) is 5.77. The van der Waals surface area contributed by atoms with E-state index in [9.17, 15) is 19.7 Å². The molecule has 1 aromatic heterocycles. The van der Waals surface area contributed by atoms with Crippen LogP contribution in [0.4, 0.5) is 17.1 Å². The number of amides is 1. The molecule has 172 valence electrons. The molecule has 2 aromatic carbocycles. The molecule has 1 amide bonds. The third kappa shape index (κ3) is 4.80. The Bertz CT molecular complexity index is 1200. The number of esters is 1. The molecule has 10 nitrogen and oxygen atoms in total. The largest absolute Gasteiger partial charge is 0.464 e. The zero-order valence-corrected chi connectivity index (χ0v) is 18.5. The first-order valence-corrected chi connectivity index (χ1v) is 10.6. The van der Waals surface area contributed by atoms with Crippen LogP contribution in [-0.2, 0) is 9.53 Å². The normalized spacial score (nSPS) is 14.3. The number of rotatable bonds is 6. The average molecular weight is 451 g/mol. The van der Waals surface area contributed by atoms with Gasteiger partial charge in [-0.25, -0.2) is 4.79 Å². The van der Waals surface area contributed by atoms with E-state index in [4.69, 9.17) is 4.74 Å². The lowest BCUT2D eigenvalue weighted by Gasteiger charge is -2.35. The highest BCUT2D eigenvalue weighted by molar-refractivity contribution is 6.11. The monoisotopic (exact) mass is 451 g/mol. The van der Waals surface area contributed by atoms with Crippen LogP contribution in [0.5, 0.6) is 0 Å². The molecule has 1 saturated heterocycles. The van der Waals surface area contributed by atoms with Gasteiger partial charge in [0.1, 0.15) is 5.69 Å².